The average molecular weight is 627 g/mol. The van der Waals surface area contributed by atoms with E-state index in [-0.39, 0.29) is 42.2 Å². The summed E-state index contributed by atoms with van der Waals surface area (Å²) in [7, 11) is 6.07. The fourth-order valence-electron chi connectivity index (χ4n) is 4.57. The summed E-state index contributed by atoms with van der Waals surface area (Å²) in [5.74, 6) is -1.95. The van der Waals surface area contributed by atoms with Crippen molar-refractivity contribution in [2.75, 3.05) is 33.5 Å². The zero-order chi connectivity index (χ0) is 33.6. The molecule has 45 heavy (non-hydrogen) atoms. The summed E-state index contributed by atoms with van der Waals surface area (Å²) in [6, 6.07) is 4.07. The van der Waals surface area contributed by atoms with Crippen LogP contribution >= 0.6 is 0 Å². The molecule has 0 spiro atoms. The number of hydrogen-bond donors (Lipinski definition) is 2. The minimum atomic E-state index is -1.32. The first kappa shape index (κ1) is 34.5. The number of hydrogen-bond acceptors (Lipinski definition) is 7. The van der Waals surface area contributed by atoms with Crippen molar-refractivity contribution in [3.63, 3.8) is 0 Å². The molecule has 0 saturated heterocycles. The molecule has 0 radical (unpaired) electrons. The van der Waals surface area contributed by atoms with Crippen molar-refractivity contribution in [3.05, 3.63) is 70.2 Å². The minimum absolute atomic E-state index is 0.00974. The first-order chi connectivity index (χ1) is 21.0. The topological polar surface area (TPSA) is 156 Å². The second-order valence-electron chi connectivity index (χ2n) is 12.2. The van der Waals surface area contributed by atoms with Crippen molar-refractivity contribution in [3.8, 4) is 0 Å². The first-order valence-electron chi connectivity index (χ1n) is 14.2. The number of carbonyl (C=O) groups excluding carboxylic acids is 3. The van der Waals surface area contributed by atoms with Gasteiger partial charge < -0.3 is 29.5 Å². The molecule has 2 heterocycles. The molecule has 0 aliphatic rings. The number of likely N-dealkylation sites (N-methyl/N-ethyl adjacent to an activating group) is 1. The van der Waals surface area contributed by atoms with Crippen molar-refractivity contribution in [2.45, 2.75) is 52.7 Å². The fraction of sp³-hybridized carbons (Fsp3) is 0.419. The molecule has 2 N–H and O–H groups in total. The van der Waals surface area contributed by atoms with Crippen molar-refractivity contribution in [1.82, 2.24) is 23.9 Å². The van der Waals surface area contributed by atoms with Crippen LogP contribution in [0, 0.1) is 11.2 Å². The second-order valence-corrected chi connectivity index (χ2v) is 12.2. The summed E-state index contributed by atoms with van der Waals surface area (Å²) in [4.78, 5) is 69.5. The number of halogens is 1. The molecule has 0 saturated carbocycles. The second kappa shape index (κ2) is 14.2. The van der Waals surface area contributed by atoms with Gasteiger partial charge in [0.15, 0.2) is 11.9 Å². The van der Waals surface area contributed by atoms with E-state index in [1.807, 2.05) is 20.8 Å². The van der Waals surface area contributed by atoms with Crippen LogP contribution in [0.2, 0.25) is 0 Å². The lowest BCUT2D eigenvalue weighted by Crippen LogP contribution is -2.38. The van der Waals surface area contributed by atoms with Gasteiger partial charge in [-0.05, 0) is 54.5 Å². The number of benzene rings is 1. The number of rotatable bonds is 10. The van der Waals surface area contributed by atoms with Gasteiger partial charge in [-0.1, -0.05) is 26.8 Å². The lowest BCUT2D eigenvalue weighted by molar-refractivity contribution is -0.125. The molecule has 3 rings (SSSR count). The van der Waals surface area contributed by atoms with Gasteiger partial charge in [0.05, 0.1) is 17.8 Å². The molecule has 242 valence electrons. The zero-order valence-electron chi connectivity index (χ0n) is 26.5. The van der Waals surface area contributed by atoms with E-state index in [1.165, 1.54) is 55.7 Å². The van der Waals surface area contributed by atoms with Crippen LogP contribution in [-0.4, -0.2) is 87.3 Å². The highest BCUT2D eigenvalue weighted by molar-refractivity contribution is 5.94. The normalized spacial score (nSPS) is 12.3. The highest BCUT2D eigenvalue weighted by atomic mass is 19.1. The number of aromatic nitrogens is 3. The smallest absolute Gasteiger partial charge is 0.416 e. The Labute approximate surface area is 259 Å². The molecule has 0 fully saturated rings. The van der Waals surface area contributed by atoms with E-state index in [1.54, 1.807) is 20.2 Å². The van der Waals surface area contributed by atoms with Gasteiger partial charge in [-0.25, -0.2) is 23.5 Å². The third-order valence-corrected chi connectivity index (χ3v) is 6.61. The number of allylic oxidation sites excluding steroid dienone is 1. The van der Waals surface area contributed by atoms with E-state index < -0.39 is 35.6 Å². The van der Waals surface area contributed by atoms with Gasteiger partial charge in [0.1, 0.15) is 5.82 Å². The fourth-order valence-corrected chi connectivity index (χ4v) is 4.57. The van der Waals surface area contributed by atoms with Crippen LogP contribution in [0.1, 0.15) is 44.9 Å². The maximum Gasteiger partial charge on any atom is 0.416 e. The summed E-state index contributed by atoms with van der Waals surface area (Å²) in [5.41, 5.74) is 0.0307. The SMILES string of the molecule is CN(C)C(=O)/C=C/CC[C@H](OC(=O)N(C)C)C(=O)Nc1nccn(Cc2cc3cc(F)cc(CC(C)(C)C)c3n2C(=O)O)c1=O. The van der Waals surface area contributed by atoms with E-state index in [0.29, 0.717) is 22.9 Å². The molecule has 1 atom stereocenters. The Hall–Kier alpha value is -5.01. The number of ether oxygens (including phenoxy) is 1. The third kappa shape index (κ3) is 9.00. The lowest BCUT2D eigenvalue weighted by atomic mass is 9.87. The molecule has 2 aromatic heterocycles. The van der Waals surface area contributed by atoms with Crippen molar-refractivity contribution >= 4 is 40.7 Å². The van der Waals surface area contributed by atoms with E-state index >= 15 is 0 Å². The van der Waals surface area contributed by atoms with E-state index in [2.05, 4.69) is 10.3 Å². The Kier molecular flexibility index (Phi) is 10.9. The maximum absolute atomic E-state index is 14.5. The summed E-state index contributed by atoms with van der Waals surface area (Å²) in [6.45, 7) is 5.64. The summed E-state index contributed by atoms with van der Waals surface area (Å²) in [6.07, 6.45) is 2.68. The van der Waals surface area contributed by atoms with Crippen LogP contribution in [-0.2, 0) is 27.3 Å². The molecule has 0 unspecified atom stereocenters. The highest BCUT2D eigenvalue weighted by Crippen LogP contribution is 2.30. The van der Waals surface area contributed by atoms with Gasteiger partial charge >= 0.3 is 12.2 Å². The van der Waals surface area contributed by atoms with Gasteiger partial charge in [0, 0.05) is 46.0 Å². The number of carbonyl (C=O) groups is 4. The largest absolute Gasteiger partial charge is 0.464 e. The van der Waals surface area contributed by atoms with E-state index in [9.17, 15) is 33.5 Å². The summed E-state index contributed by atoms with van der Waals surface area (Å²) in [5, 5.41) is 12.9. The summed E-state index contributed by atoms with van der Waals surface area (Å²) >= 11 is 0. The average Bonchev–Trinajstić information content (AvgIpc) is 3.29. The number of nitrogens with zero attached hydrogens (tertiary/aromatic N) is 5. The molecule has 13 nitrogen and oxygen atoms in total. The van der Waals surface area contributed by atoms with Gasteiger partial charge in [0.2, 0.25) is 5.91 Å². The van der Waals surface area contributed by atoms with E-state index in [0.717, 1.165) is 14.0 Å². The van der Waals surface area contributed by atoms with Crippen LogP contribution in [0.3, 0.4) is 0 Å². The number of nitrogens with one attached hydrogen (secondary N) is 1. The van der Waals surface area contributed by atoms with Crippen molar-refractivity contribution in [2.24, 2.45) is 5.41 Å². The lowest BCUT2D eigenvalue weighted by Gasteiger charge is -2.20. The third-order valence-electron chi connectivity index (χ3n) is 6.61. The van der Waals surface area contributed by atoms with Crippen LogP contribution in [0.15, 0.2) is 47.5 Å². The zero-order valence-corrected chi connectivity index (χ0v) is 26.5. The standard InChI is InChI=1S/C31H39FN6O7/c1-31(2,3)17-20-15-21(32)14-19-16-22(38(25(19)20)29(42)43)18-37-13-12-33-26(28(37)41)34-27(40)23(45-30(44)36(6)7)10-8-9-11-24(39)35(4)5/h9,11-16,23H,8,10,17-18H2,1-7H3,(H,42,43)(H,33,34,40)/b11-9+/t23-/m0/s1. The molecule has 3 aromatic rings. The number of carboxylic acid groups (broad SMARTS) is 1. The summed E-state index contributed by atoms with van der Waals surface area (Å²) < 4.78 is 22.0. The van der Waals surface area contributed by atoms with Gasteiger partial charge in [-0.3, -0.25) is 14.4 Å². The molecule has 14 heteroatoms. The van der Waals surface area contributed by atoms with Crippen LogP contribution in [0.25, 0.3) is 10.9 Å². The van der Waals surface area contributed by atoms with Gasteiger partial charge in [-0.15, -0.1) is 0 Å². The van der Waals surface area contributed by atoms with Crippen LogP contribution < -0.4 is 10.9 Å². The number of fused-ring (bicyclic) bond motifs is 1. The monoisotopic (exact) mass is 626 g/mol. The number of anilines is 1. The molecule has 0 bridgehead atoms. The molecule has 0 aliphatic carbocycles. The molecule has 3 amide bonds. The molecule has 1 aromatic carbocycles. The predicted octanol–water partition coefficient (Wildman–Crippen LogP) is 3.93. The Morgan fingerprint density at radius 2 is 1.80 bits per heavy atom. The van der Waals surface area contributed by atoms with Gasteiger partial charge in [-0.2, -0.15) is 0 Å². The van der Waals surface area contributed by atoms with Crippen LogP contribution in [0.5, 0.6) is 0 Å². The maximum atomic E-state index is 14.5. The Morgan fingerprint density at radius 3 is 2.40 bits per heavy atom. The molecular formula is C31H39FN6O7. The Bertz CT molecular complexity index is 1680. The first-order valence-corrected chi connectivity index (χ1v) is 14.2. The minimum Gasteiger partial charge on any atom is -0.464 e. The van der Waals surface area contributed by atoms with Crippen molar-refractivity contribution < 1.29 is 33.4 Å². The molecular weight excluding hydrogens is 587 g/mol. The number of amides is 3. The quantitative estimate of drug-likeness (QED) is 0.321. The van der Waals surface area contributed by atoms with E-state index in [4.69, 9.17) is 4.74 Å². The predicted molar refractivity (Wildman–Crippen MR) is 166 cm³/mol. The Balaban J connectivity index is 1.92. The van der Waals surface area contributed by atoms with Crippen molar-refractivity contribution in [1.29, 1.82) is 0 Å². The van der Waals surface area contributed by atoms with Crippen LogP contribution in [0.4, 0.5) is 19.8 Å². The molecule has 0 aliphatic heterocycles. The van der Waals surface area contributed by atoms with Gasteiger partial charge in [0.25, 0.3) is 11.5 Å². The highest BCUT2D eigenvalue weighted by Gasteiger charge is 2.26. The Morgan fingerprint density at radius 1 is 1.11 bits per heavy atom.